The topological polar surface area (TPSA) is 78.5 Å². The largest absolute Gasteiger partial charge is 0.349 e. The van der Waals surface area contributed by atoms with Crippen LogP contribution in [0.15, 0.2) is 24.3 Å². The first kappa shape index (κ1) is 22.7. The van der Waals surface area contributed by atoms with Gasteiger partial charge in [0.15, 0.2) is 0 Å². The molecular formula is C18H30ClN3O3S. The first-order valence-electron chi connectivity index (χ1n) is 8.95. The van der Waals surface area contributed by atoms with Crippen molar-refractivity contribution in [1.29, 1.82) is 0 Å². The molecule has 1 aromatic carbocycles. The molecule has 8 heteroatoms. The lowest BCUT2D eigenvalue weighted by atomic mass is 9.90. The molecule has 0 heterocycles. The third-order valence-electron chi connectivity index (χ3n) is 4.81. The quantitative estimate of drug-likeness (QED) is 0.733. The molecule has 1 aliphatic rings. The van der Waals surface area contributed by atoms with E-state index < -0.39 is 10.0 Å². The number of halogens is 1. The monoisotopic (exact) mass is 403 g/mol. The Labute approximate surface area is 163 Å². The van der Waals surface area contributed by atoms with E-state index in [1.807, 2.05) is 0 Å². The number of carbonyl (C=O) groups is 1. The third kappa shape index (κ3) is 6.78. The maximum Gasteiger partial charge on any atom is 0.251 e. The first-order chi connectivity index (χ1) is 11.8. The molecule has 0 unspecified atom stereocenters. The smallest absolute Gasteiger partial charge is 0.251 e. The van der Waals surface area contributed by atoms with Crippen LogP contribution in [0.4, 0.5) is 5.69 Å². The number of sulfonamides is 1. The highest BCUT2D eigenvalue weighted by Gasteiger charge is 2.25. The van der Waals surface area contributed by atoms with Gasteiger partial charge in [-0.05, 0) is 63.0 Å². The van der Waals surface area contributed by atoms with E-state index in [4.69, 9.17) is 0 Å². The van der Waals surface area contributed by atoms with Crippen LogP contribution in [0.25, 0.3) is 0 Å². The Morgan fingerprint density at radius 2 is 1.62 bits per heavy atom. The molecule has 0 saturated heterocycles. The number of benzene rings is 1. The van der Waals surface area contributed by atoms with Gasteiger partial charge in [0.05, 0.1) is 6.26 Å². The minimum Gasteiger partial charge on any atom is -0.349 e. The molecule has 0 bridgehead atoms. The summed E-state index contributed by atoms with van der Waals surface area (Å²) >= 11 is 0. The Bertz CT molecular complexity index is 667. The summed E-state index contributed by atoms with van der Waals surface area (Å²) in [6, 6.07) is 7.34. The molecule has 1 amide bonds. The van der Waals surface area contributed by atoms with E-state index in [0.717, 1.165) is 45.0 Å². The molecule has 0 aromatic heterocycles. The Kier molecular flexibility index (Phi) is 8.86. The number of rotatable bonds is 7. The van der Waals surface area contributed by atoms with Gasteiger partial charge in [-0.3, -0.25) is 9.52 Å². The molecule has 6 nitrogen and oxygen atoms in total. The fourth-order valence-corrected chi connectivity index (χ4v) is 4.06. The van der Waals surface area contributed by atoms with Gasteiger partial charge >= 0.3 is 0 Å². The Balaban J connectivity index is 0.00000338. The molecule has 0 atom stereocenters. The number of amides is 1. The average Bonchev–Trinajstić information content (AvgIpc) is 2.56. The SMILES string of the molecule is CCN(CC)C1CCC(NC(=O)c2ccc(NS(C)(=O)=O)cc2)CC1.Cl. The highest BCUT2D eigenvalue weighted by Crippen LogP contribution is 2.23. The van der Waals surface area contributed by atoms with Crippen LogP contribution in [-0.4, -0.2) is 50.7 Å². The molecule has 1 aliphatic carbocycles. The summed E-state index contributed by atoms with van der Waals surface area (Å²) < 4.78 is 24.8. The highest BCUT2D eigenvalue weighted by atomic mass is 35.5. The maximum absolute atomic E-state index is 12.4. The van der Waals surface area contributed by atoms with Crippen LogP contribution in [0.5, 0.6) is 0 Å². The summed E-state index contributed by atoms with van der Waals surface area (Å²) in [4.78, 5) is 14.9. The van der Waals surface area contributed by atoms with Crippen LogP contribution in [0.1, 0.15) is 49.9 Å². The predicted octanol–water partition coefficient (Wildman–Crippen LogP) is 2.86. The summed E-state index contributed by atoms with van der Waals surface area (Å²) in [6.45, 7) is 6.54. The van der Waals surface area contributed by atoms with Crippen LogP contribution < -0.4 is 10.0 Å². The molecule has 2 rings (SSSR count). The van der Waals surface area contributed by atoms with Gasteiger partial charge in [0.1, 0.15) is 0 Å². The Morgan fingerprint density at radius 3 is 2.08 bits per heavy atom. The average molecular weight is 404 g/mol. The second kappa shape index (κ2) is 10.1. The minimum atomic E-state index is -3.30. The number of nitrogens with zero attached hydrogens (tertiary/aromatic N) is 1. The minimum absolute atomic E-state index is 0. The van der Waals surface area contributed by atoms with E-state index >= 15 is 0 Å². The van der Waals surface area contributed by atoms with Crippen molar-refractivity contribution in [2.45, 2.75) is 51.6 Å². The normalized spacial score (nSPS) is 20.3. The number of anilines is 1. The molecule has 2 N–H and O–H groups in total. The van der Waals surface area contributed by atoms with E-state index in [1.54, 1.807) is 24.3 Å². The van der Waals surface area contributed by atoms with Crippen LogP contribution >= 0.6 is 12.4 Å². The predicted molar refractivity (Wildman–Crippen MR) is 109 cm³/mol. The summed E-state index contributed by atoms with van der Waals surface area (Å²) in [7, 11) is -3.30. The second-order valence-corrected chi connectivity index (χ2v) is 8.40. The van der Waals surface area contributed by atoms with Crippen LogP contribution in [0.2, 0.25) is 0 Å². The summed E-state index contributed by atoms with van der Waals surface area (Å²) in [5.74, 6) is -0.0998. The first-order valence-corrected chi connectivity index (χ1v) is 10.8. The standard InChI is InChI=1S/C18H29N3O3S.ClH/c1-4-21(5-2)17-12-10-15(11-13-17)19-18(22)14-6-8-16(9-7-14)20-25(3,23)24;/h6-9,15,17,20H,4-5,10-13H2,1-3H3,(H,19,22);1H. The van der Waals surface area contributed by atoms with Gasteiger partial charge in [0.25, 0.3) is 5.91 Å². The zero-order chi connectivity index (χ0) is 18.4. The van der Waals surface area contributed by atoms with Crippen LogP contribution in [0, 0.1) is 0 Å². The lowest BCUT2D eigenvalue weighted by Gasteiger charge is -2.36. The number of nitrogens with one attached hydrogen (secondary N) is 2. The molecule has 148 valence electrons. The number of carbonyl (C=O) groups excluding carboxylic acids is 1. The second-order valence-electron chi connectivity index (χ2n) is 6.65. The number of hydrogen-bond acceptors (Lipinski definition) is 4. The van der Waals surface area contributed by atoms with Crippen molar-refractivity contribution in [3.63, 3.8) is 0 Å². The van der Waals surface area contributed by atoms with Gasteiger partial charge in [-0.25, -0.2) is 8.42 Å². The Morgan fingerprint density at radius 1 is 1.08 bits per heavy atom. The van der Waals surface area contributed by atoms with E-state index in [2.05, 4.69) is 28.8 Å². The zero-order valence-corrected chi connectivity index (χ0v) is 17.3. The molecule has 1 aromatic rings. The van der Waals surface area contributed by atoms with E-state index in [0.29, 0.717) is 17.3 Å². The molecule has 0 aliphatic heterocycles. The lowest BCUT2D eigenvalue weighted by Crippen LogP contribution is -2.43. The van der Waals surface area contributed by atoms with E-state index in [1.165, 1.54) is 0 Å². The fourth-order valence-electron chi connectivity index (χ4n) is 3.50. The van der Waals surface area contributed by atoms with Crippen LogP contribution in [0.3, 0.4) is 0 Å². The van der Waals surface area contributed by atoms with Crippen molar-refractivity contribution >= 4 is 34.0 Å². The lowest BCUT2D eigenvalue weighted by molar-refractivity contribution is 0.0906. The van der Waals surface area contributed by atoms with Crippen LogP contribution in [-0.2, 0) is 10.0 Å². The van der Waals surface area contributed by atoms with E-state index in [9.17, 15) is 13.2 Å². The zero-order valence-electron chi connectivity index (χ0n) is 15.7. The molecule has 0 radical (unpaired) electrons. The van der Waals surface area contributed by atoms with Gasteiger partial charge in [-0.15, -0.1) is 12.4 Å². The summed E-state index contributed by atoms with van der Waals surface area (Å²) in [5, 5.41) is 3.10. The number of hydrogen-bond donors (Lipinski definition) is 2. The van der Waals surface area contributed by atoms with Crippen molar-refractivity contribution in [1.82, 2.24) is 10.2 Å². The fraction of sp³-hybridized carbons (Fsp3) is 0.611. The molecular weight excluding hydrogens is 374 g/mol. The van der Waals surface area contributed by atoms with Gasteiger partial charge in [-0.2, -0.15) is 0 Å². The molecule has 1 fully saturated rings. The molecule has 1 saturated carbocycles. The van der Waals surface area contributed by atoms with Gasteiger partial charge < -0.3 is 10.2 Å². The highest BCUT2D eigenvalue weighted by molar-refractivity contribution is 7.92. The summed E-state index contributed by atoms with van der Waals surface area (Å²) in [5.41, 5.74) is 1.00. The van der Waals surface area contributed by atoms with Gasteiger partial charge in [0.2, 0.25) is 10.0 Å². The third-order valence-corrected chi connectivity index (χ3v) is 5.42. The summed E-state index contributed by atoms with van der Waals surface area (Å²) in [6.07, 6.45) is 5.33. The molecule has 0 spiro atoms. The van der Waals surface area contributed by atoms with Crippen molar-refractivity contribution in [2.75, 3.05) is 24.1 Å². The van der Waals surface area contributed by atoms with Gasteiger partial charge in [0, 0.05) is 23.3 Å². The molecule has 26 heavy (non-hydrogen) atoms. The van der Waals surface area contributed by atoms with Crippen molar-refractivity contribution in [2.24, 2.45) is 0 Å². The van der Waals surface area contributed by atoms with E-state index in [-0.39, 0.29) is 24.4 Å². The van der Waals surface area contributed by atoms with Crippen molar-refractivity contribution in [3.05, 3.63) is 29.8 Å². The Hall–Kier alpha value is -1.31. The maximum atomic E-state index is 12.4. The van der Waals surface area contributed by atoms with Gasteiger partial charge in [-0.1, -0.05) is 13.8 Å². The van der Waals surface area contributed by atoms with Crippen molar-refractivity contribution in [3.8, 4) is 0 Å². The van der Waals surface area contributed by atoms with Crippen molar-refractivity contribution < 1.29 is 13.2 Å².